The highest BCUT2D eigenvalue weighted by atomic mass is 32.2. The van der Waals surface area contributed by atoms with Crippen molar-refractivity contribution >= 4 is 15.7 Å². The van der Waals surface area contributed by atoms with Gasteiger partial charge in [-0.3, -0.25) is 0 Å². The summed E-state index contributed by atoms with van der Waals surface area (Å²) in [5.41, 5.74) is 7.47. The average molecular weight is 326 g/mol. The number of hydrogen-bond acceptors (Lipinski definition) is 4. The Morgan fingerprint density at radius 3 is 2.50 bits per heavy atom. The first kappa shape index (κ1) is 17.2. The molecule has 1 aliphatic rings. The Bertz CT molecular complexity index is 581. The van der Waals surface area contributed by atoms with Gasteiger partial charge >= 0.3 is 0 Å². The fourth-order valence-corrected chi connectivity index (χ4v) is 4.65. The molecule has 2 rings (SSSR count). The summed E-state index contributed by atoms with van der Waals surface area (Å²) in [6.07, 6.45) is 1.61. The Morgan fingerprint density at radius 1 is 1.27 bits per heavy atom. The van der Waals surface area contributed by atoms with Crippen LogP contribution in [0, 0.1) is 11.8 Å². The van der Waals surface area contributed by atoms with Gasteiger partial charge in [0.15, 0.2) is 0 Å². The number of benzene rings is 1. The maximum atomic E-state index is 12.5. The molecule has 0 radical (unpaired) electrons. The predicted octanol–water partition coefficient (Wildman–Crippen LogP) is 2.31. The van der Waals surface area contributed by atoms with E-state index in [1.54, 1.807) is 6.07 Å². The molecule has 0 unspecified atom stereocenters. The number of sulfonamides is 1. The summed E-state index contributed by atoms with van der Waals surface area (Å²) < 4.78 is 33.1. The Hall–Kier alpha value is -1.11. The van der Waals surface area contributed by atoms with E-state index in [1.807, 2.05) is 32.0 Å². The molecule has 6 heteroatoms. The van der Waals surface area contributed by atoms with Crippen LogP contribution in [0.1, 0.15) is 38.3 Å². The second-order valence-electron chi connectivity index (χ2n) is 6.31. The van der Waals surface area contributed by atoms with E-state index in [4.69, 9.17) is 10.5 Å². The van der Waals surface area contributed by atoms with E-state index in [1.165, 1.54) is 0 Å². The molecule has 1 aromatic rings. The van der Waals surface area contributed by atoms with Crippen LogP contribution in [0.4, 0.5) is 5.69 Å². The predicted molar refractivity (Wildman–Crippen MR) is 88.9 cm³/mol. The number of nitrogens with one attached hydrogen (secondary N) is 1. The minimum Gasteiger partial charge on any atom is -0.398 e. The molecule has 1 aliphatic heterocycles. The number of rotatable bonds is 6. The van der Waals surface area contributed by atoms with E-state index in [-0.39, 0.29) is 23.6 Å². The number of anilines is 1. The van der Waals surface area contributed by atoms with Gasteiger partial charge in [-0.25, -0.2) is 13.1 Å². The lowest BCUT2D eigenvalue weighted by Crippen LogP contribution is -2.37. The van der Waals surface area contributed by atoms with Gasteiger partial charge in [0.1, 0.15) is 0 Å². The summed E-state index contributed by atoms with van der Waals surface area (Å²) in [7, 11) is -3.35. The lowest BCUT2D eigenvalue weighted by Gasteiger charge is -2.26. The van der Waals surface area contributed by atoms with E-state index in [2.05, 4.69) is 4.72 Å². The molecule has 1 heterocycles. The van der Waals surface area contributed by atoms with E-state index in [0.717, 1.165) is 18.4 Å². The van der Waals surface area contributed by atoms with Crippen LogP contribution >= 0.6 is 0 Å². The maximum Gasteiger partial charge on any atom is 0.212 e. The molecule has 0 bridgehead atoms. The Morgan fingerprint density at radius 2 is 1.91 bits per heavy atom. The maximum absolute atomic E-state index is 12.5. The topological polar surface area (TPSA) is 81.4 Å². The Kier molecular flexibility index (Phi) is 5.83. The number of hydrogen-bond donors (Lipinski definition) is 2. The Balaban J connectivity index is 2.11. The zero-order valence-electron chi connectivity index (χ0n) is 13.3. The molecule has 1 saturated heterocycles. The molecule has 0 aliphatic carbocycles. The monoisotopic (exact) mass is 326 g/mol. The lowest BCUT2D eigenvalue weighted by molar-refractivity contribution is 0.0722. The van der Waals surface area contributed by atoms with Gasteiger partial charge in [0.25, 0.3) is 0 Å². The quantitative estimate of drug-likeness (QED) is 0.786. The van der Waals surface area contributed by atoms with E-state index in [0.29, 0.717) is 18.9 Å². The van der Waals surface area contributed by atoms with Gasteiger partial charge in [0, 0.05) is 18.9 Å². The third-order valence-electron chi connectivity index (χ3n) is 4.10. The van der Waals surface area contributed by atoms with Crippen molar-refractivity contribution in [2.75, 3.05) is 24.7 Å². The molecule has 22 heavy (non-hydrogen) atoms. The third-order valence-corrected chi connectivity index (χ3v) is 5.62. The summed E-state index contributed by atoms with van der Waals surface area (Å²) >= 11 is 0. The van der Waals surface area contributed by atoms with E-state index < -0.39 is 10.0 Å². The van der Waals surface area contributed by atoms with Crippen molar-refractivity contribution in [2.24, 2.45) is 11.8 Å². The average Bonchev–Trinajstić information content (AvgIpc) is 2.46. The molecule has 124 valence electrons. The van der Waals surface area contributed by atoms with Crippen LogP contribution in [0.3, 0.4) is 0 Å². The first-order valence-electron chi connectivity index (χ1n) is 7.81. The normalized spacial score (nSPS) is 18.5. The van der Waals surface area contributed by atoms with Crippen molar-refractivity contribution in [2.45, 2.75) is 32.7 Å². The van der Waals surface area contributed by atoms with E-state index in [9.17, 15) is 8.42 Å². The summed E-state index contributed by atoms with van der Waals surface area (Å²) in [6.45, 7) is 5.29. The van der Waals surface area contributed by atoms with Crippen LogP contribution in [-0.2, 0) is 14.8 Å². The molecule has 1 aromatic carbocycles. The van der Waals surface area contributed by atoms with Gasteiger partial charge in [-0.1, -0.05) is 32.0 Å². The second kappa shape index (κ2) is 7.44. The third kappa shape index (κ3) is 4.69. The van der Waals surface area contributed by atoms with Gasteiger partial charge in [-0.2, -0.15) is 0 Å². The Labute approximate surface area is 133 Å². The fraction of sp³-hybridized carbons (Fsp3) is 0.625. The summed E-state index contributed by atoms with van der Waals surface area (Å²) in [4.78, 5) is 0. The molecule has 0 saturated carbocycles. The van der Waals surface area contributed by atoms with Crippen molar-refractivity contribution in [1.82, 2.24) is 4.72 Å². The lowest BCUT2D eigenvalue weighted by atomic mass is 9.96. The van der Waals surface area contributed by atoms with Gasteiger partial charge in [-0.15, -0.1) is 0 Å². The van der Waals surface area contributed by atoms with Crippen LogP contribution in [0.5, 0.6) is 0 Å². The second-order valence-corrected chi connectivity index (χ2v) is 8.10. The smallest absolute Gasteiger partial charge is 0.212 e. The number of nitrogens with two attached hydrogens (primary N) is 1. The van der Waals surface area contributed by atoms with Gasteiger partial charge < -0.3 is 10.5 Å². The molecule has 0 spiro atoms. The zero-order valence-corrected chi connectivity index (χ0v) is 14.1. The van der Waals surface area contributed by atoms with Crippen LogP contribution < -0.4 is 10.5 Å². The van der Waals surface area contributed by atoms with Crippen LogP contribution in [-0.4, -0.2) is 27.4 Å². The molecule has 5 nitrogen and oxygen atoms in total. The van der Waals surface area contributed by atoms with Crippen LogP contribution in [0.25, 0.3) is 0 Å². The summed E-state index contributed by atoms with van der Waals surface area (Å²) in [6, 6.07) is 7.13. The highest BCUT2D eigenvalue weighted by molar-refractivity contribution is 7.89. The minimum absolute atomic E-state index is 0.120. The number of ether oxygens (including phenoxy) is 1. The number of para-hydroxylation sites is 1. The zero-order chi connectivity index (χ0) is 16.2. The summed E-state index contributed by atoms with van der Waals surface area (Å²) in [5, 5.41) is 0. The van der Waals surface area contributed by atoms with Gasteiger partial charge in [0.05, 0.1) is 11.8 Å². The van der Waals surface area contributed by atoms with Crippen molar-refractivity contribution in [3.05, 3.63) is 29.8 Å². The first-order chi connectivity index (χ1) is 10.4. The van der Waals surface area contributed by atoms with E-state index >= 15 is 0 Å². The molecular weight excluding hydrogens is 300 g/mol. The highest BCUT2D eigenvalue weighted by Gasteiger charge is 2.27. The number of nitrogen functional groups attached to an aromatic ring is 1. The van der Waals surface area contributed by atoms with Crippen LogP contribution in [0.15, 0.2) is 24.3 Å². The van der Waals surface area contributed by atoms with Crippen LogP contribution in [0.2, 0.25) is 0 Å². The molecule has 1 fully saturated rings. The standard InChI is InChI=1S/C16H26N2O3S/c1-12(2)16(14-5-3-4-6-15(14)17)18-22(19,20)11-13-7-9-21-10-8-13/h3-6,12-13,16,18H,7-11,17H2,1-2H3/t16-/m0/s1. The minimum atomic E-state index is -3.35. The highest BCUT2D eigenvalue weighted by Crippen LogP contribution is 2.28. The fourth-order valence-electron chi connectivity index (χ4n) is 2.82. The van der Waals surface area contributed by atoms with Crippen molar-refractivity contribution in [3.63, 3.8) is 0 Å². The molecular formula is C16H26N2O3S. The molecule has 0 amide bonds. The molecule has 1 atom stereocenters. The molecule has 0 aromatic heterocycles. The van der Waals surface area contributed by atoms with Crippen molar-refractivity contribution in [1.29, 1.82) is 0 Å². The van der Waals surface area contributed by atoms with Crippen molar-refractivity contribution < 1.29 is 13.2 Å². The summed E-state index contributed by atoms with van der Waals surface area (Å²) in [5.74, 6) is 0.452. The van der Waals surface area contributed by atoms with Gasteiger partial charge in [0.2, 0.25) is 10.0 Å². The largest absolute Gasteiger partial charge is 0.398 e. The van der Waals surface area contributed by atoms with Gasteiger partial charge in [-0.05, 0) is 36.3 Å². The first-order valence-corrected chi connectivity index (χ1v) is 9.46. The van der Waals surface area contributed by atoms with Crippen molar-refractivity contribution in [3.8, 4) is 0 Å². The molecule has 3 N–H and O–H groups in total. The SMILES string of the molecule is CC(C)[C@H](NS(=O)(=O)CC1CCOCC1)c1ccccc1N.